The minimum absolute atomic E-state index is 0.0530. The molecule has 7 heteroatoms. The van der Waals surface area contributed by atoms with Gasteiger partial charge in [-0.3, -0.25) is 4.90 Å². The van der Waals surface area contributed by atoms with E-state index in [1.807, 2.05) is 42.5 Å². The summed E-state index contributed by atoms with van der Waals surface area (Å²) in [5, 5.41) is 21.4. The number of benzene rings is 3. The van der Waals surface area contributed by atoms with Crippen LogP contribution >= 0.6 is 11.6 Å². The Morgan fingerprint density at radius 2 is 1.81 bits per heavy atom. The molecule has 2 atom stereocenters. The number of piperazine rings is 1. The molecule has 0 radical (unpaired) electrons. The van der Waals surface area contributed by atoms with E-state index in [-0.39, 0.29) is 12.6 Å². The fourth-order valence-electron chi connectivity index (χ4n) is 4.45. The van der Waals surface area contributed by atoms with Crippen LogP contribution in [0.4, 0.5) is 11.4 Å². The summed E-state index contributed by atoms with van der Waals surface area (Å²) in [6.07, 6.45) is -0.636. The zero-order valence-corrected chi connectivity index (χ0v) is 21.4. The third-order valence-corrected chi connectivity index (χ3v) is 6.61. The van der Waals surface area contributed by atoms with Gasteiger partial charge in [-0.05, 0) is 37.1 Å². The van der Waals surface area contributed by atoms with E-state index in [0.717, 1.165) is 30.9 Å². The highest BCUT2D eigenvalue weighted by atomic mass is 35.5. The number of aliphatic hydroxyl groups is 2. The maximum atomic E-state index is 10.9. The standard InChI is InChI=1S/C29H32ClN3O3/c1-29(2,35)20-36-24-13-14-26(25(30)17-24)33-16-15-32(18-27(33)21-7-5-4-6-8-21)19-28(34)22-9-11-23(31-3)12-10-22/h4-14,17,27-28,34-35H,15-16,18-20H2,1-2H3/t27-,28+/m0/s1. The maximum absolute atomic E-state index is 10.9. The largest absolute Gasteiger partial charge is 0.491 e. The lowest BCUT2D eigenvalue weighted by atomic mass is 10.00. The summed E-state index contributed by atoms with van der Waals surface area (Å²) in [5.41, 5.74) is 2.55. The predicted octanol–water partition coefficient (Wildman–Crippen LogP) is 5.64. The van der Waals surface area contributed by atoms with Gasteiger partial charge in [-0.25, -0.2) is 4.85 Å². The van der Waals surface area contributed by atoms with Crippen LogP contribution < -0.4 is 9.64 Å². The fourth-order valence-corrected chi connectivity index (χ4v) is 4.72. The molecule has 3 aromatic rings. The Kier molecular flexibility index (Phi) is 8.17. The Bertz CT molecular complexity index is 1190. The molecule has 4 rings (SSSR count). The van der Waals surface area contributed by atoms with Gasteiger partial charge < -0.3 is 19.8 Å². The van der Waals surface area contributed by atoms with Crippen molar-refractivity contribution < 1.29 is 14.9 Å². The molecule has 0 bridgehead atoms. The van der Waals surface area contributed by atoms with Gasteiger partial charge in [-0.2, -0.15) is 0 Å². The van der Waals surface area contributed by atoms with E-state index in [1.165, 1.54) is 5.56 Å². The molecule has 1 aliphatic rings. The molecule has 0 aromatic heterocycles. The van der Waals surface area contributed by atoms with Crippen molar-refractivity contribution in [3.05, 3.63) is 100 Å². The van der Waals surface area contributed by atoms with Gasteiger partial charge in [0.25, 0.3) is 0 Å². The Morgan fingerprint density at radius 3 is 2.44 bits per heavy atom. The Balaban J connectivity index is 1.52. The highest BCUT2D eigenvalue weighted by molar-refractivity contribution is 6.33. The molecule has 1 aliphatic heterocycles. The fraction of sp³-hybridized carbons (Fsp3) is 0.345. The van der Waals surface area contributed by atoms with E-state index in [2.05, 4.69) is 26.8 Å². The zero-order valence-electron chi connectivity index (χ0n) is 20.6. The predicted molar refractivity (Wildman–Crippen MR) is 144 cm³/mol. The first-order chi connectivity index (χ1) is 17.2. The van der Waals surface area contributed by atoms with E-state index >= 15 is 0 Å². The molecule has 0 unspecified atom stereocenters. The summed E-state index contributed by atoms with van der Waals surface area (Å²) in [6.45, 7) is 13.4. The second-order valence-corrected chi connectivity index (χ2v) is 10.2. The first-order valence-electron chi connectivity index (χ1n) is 12.1. The van der Waals surface area contributed by atoms with E-state index in [0.29, 0.717) is 23.0 Å². The molecule has 1 fully saturated rings. The van der Waals surface area contributed by atoms with Gasteiger partial charge in [-0.1, -0.05) is 66.2 Å². The van der Waals surface area contributed by atoms with Gasteiger partial charge in [0.15, 0.2) is 5.69 Å². The first-order valence-corrected chi connectivity index (χ1v) is 12.5. The van der Waals surface area contributed by atoms with Crippen LogP contribution in [0.5, 0.6) is 5.75 Å². The lowest BCUT2D eigenvalue weighted by Crippen LogP contribution is -2.49. The molecule has 6 nitrogen and oxygen atoms in total. The van der Waals surface area contributed by atoms with Crippen LogP contribution in [0.25, 0.3) is 4.85 Å². The molecule has 0 spiro atoms. The summed E-state index contributed by atoms with van der Waals surface area (Å²) < 4.78 is 5.72. The maximum Gasteiger partial charge on any atom is 0.187 e. The smallest absolute Gasteiger partial charge is 0.187 e. The van der Waals surface area contributed by atoms with Crippen molar-refractivity contribution >= 4 is 23.0 Å². The summed E-state index contributed by atoms with van der Waals surface area (Å²) in [7, 11) is 0. The number of anilines is 1. The highest BCUT2D eigenvalue weighted by Crippen LogP contribution is 2.37. The molecule has 36 heavy (non-hydrogen) atoms. The van der Waals surface area contributed by atoms with E-state index in [1.54, 1.807) is 32.0 Å². The molecule has 0 amide bonds. The molecular weight excluding hydrogens is 474 g/mol. The second-order valence-electron chi connectivity index (χ2n) is 9.81. The van der Waals surface area contributed by atoms with Crippen LogP contribution in [-0.2, 0) is 0 Å². The molecule has 3 aromatic carbocycles. The molecular formula is C29H32ClN3O3. The summed E-state index contributed by atoms with van der Waals surface area (Å²) in [4.78, 5) is 8.01. The average Bonchev–Trinajstić information content (AvgIpc) is 2.88. The van der Waals surface area contributed by atoms with E-state index in [4.69, 9.17) is 22.9 Å². The van der Waals surface area contributed by atoms with Gasteiger partial charge in [0.05, 0.1) is 35.0 Å². The first kappa shape index (κ1) is 26.0. The van der Waals surface area contributed by atoms with Crippen molar-refractivity contribution in [2.75, 3.05) is 37.7 Å². The number of β-amino-alcohol motifs (C(OH)–C–C–N with tert-alkyl or cyclic N) is 1. The van der Waals surface area contributed by atoms with Crippen LogP contribution in [0, 0.1) is 6.57 Å². The lowest BCUT2D eigenvalue weighted by molar-refractivity contribution is 0.0285. The number of nitrogens with zero attached hydrogens (tertiary/aromatic N) is 3. The normalized spacial score (nSPS) is 17.4. The summed E-state index contributed by atoms with van der Waals surface area (Å²) in [6, 6.07) is 23.2. The number of hydrogen-bond acceptors (Lipinski definition) is 5. The molecule has 0 aliphatic carbocycles. The van der Waals surface area contributed by atoms with Gasteiger partial charge in [-0.15, -0.1) is 0 Å². The van der Waals surface area contributed by atoms with E-state index < -0.39 is 11.7 Å². The zero-order chi connectivity index (χ0) is 25.7. The highest BCUT2D eigenvalue weighted by Gasteiger charge is 2.31. The molecule has 1 heterocycles. The summed E-state index contributed by atoms with van der Waals surface area (Å²) >= 11 is 6.73. The number of ether oxygens (including phenoxy) is 1. The van der Waals surface area contributed by atoms with Crippen molar-refractivity contribution in [3.8, 4) is 5.75 Å². The van der Waals surface area contributed by atoms with Crippen molar-refractivity contribution in [1.82, 2.24) is 4.90 Å². The van der Waals surface area contributed by atoms with Crippen molar-refractivity contribution in [3.63, 3.8) is 0 Å². The van der Waals surface area contributed by atoms with Gasteiger partial charge >= 0.3 is 0 Å². The van der Waals surface area contributed by atoms with Crippen LogP contribution in [0.15, 0.2) is 72.8 Å². The van der Waals surface area contributed by atoms with Crippen LogP contribution in [0.1, 0.15) is 37.1 Å². The molecule has 188 valence electrons. The second kappa shape index (κ2) is 11.3. The lowest BCUT2D eigenvalue weighted by Gasteiger charge is -2.44. The molecule has 2 N–H and O–H groups in total. The minimum atomic E-state index is -0.927. The average molecular weight is 506 g/mol. The van der Waals surface area contributed by atoms with E-state index in [9.17, 15) is 10.2 Å². The number of rotatable bonds is 8. The van der Waals surface area contributed by atoms with Crippen molar-refractivity contribution in [2.24, 2.45) is 0 Å². The Labute approximate surface area is 218 Å². The molecule has 1 saturated heterocycles. The van der Waals surface area contributed by atoms with Crippen LogP contribution in [0.3, 0.4) is 0 Å². The van der Waals surface area contributed by atoms with Crippen molar-refractivity contribution in [2.45, 2.75) is 31.6 Å². The van der Waals surface area contributed by atoms with Crippen LogP contribution in [0.2, 0.25) is 5.02 Å². The molecule has 0 saturated carbocycles. The summed E-state index contributed by atoms with van der Waals surface area (Å²) in [5.74, 6) is 0.619. The number of halogens is 1. The number of hydrogen-bond donors (Lipinski definition) is 2. The minimum Gasteiger partial charge on any atom is -0.491 e. The quantitative estimate of drug-likeness (QED) is 0.388. The Hall–Kier alpha value is -3.08. The van der Waals surface area contributed by atoms with Gasteiger partial charge in [0.2, 0.25) is 0 Å². The third-order valence-electron chi connectivity index (χ3n) is 6.31. The van der Waals surface area contributed by atoms with Gasteiger partial charge in [0.1, 0.15) is 12.4 Å². The monoisotopic (exact) mass is 505 g/mol. The van der Waals surface area contributed by atoms with Crippen molar-refractivity contribution in [1.29, 1.82) is 0 Å². The third kappa shape index (κ3) is 6.57. The van der Waals surface area contributed by atoms with Crippen LogP contribution in [-0.4, -0.2) is 53.5 Å². The Morgan fingerprint density at radius 1 is 1.08 bits per heavy atom. The van der Waals surface area contributed by atoms with Gasteiger partial charge in [0, 0.05) is 32.2 Å². The SMILES string of the molecule is [C-]#[N+]c1ccc([C@H](O)CN2CCN(c3ccc(OCC(C)(C)O)cc3Cl)[C@H](c3ccccc3)C2)cc1. The topological polar surface area (TPSA) is 60.5 Å². The number of aliphatic hydroxyl groups excluding tert-OH is 1.